The number of rotatable bonds is 8. The summed E-state index contributed by atoms with van der Waals surface area (Å²) < 4.78 is 17.4. The van der Waals surface area contributed by atoms with Crippen molar-refractivity contribution in [1.82, 2.24) is 9.55 Å². The van der Waals surface area contributed by atoms with Crippen LogP contribution in [0.2, 0.25) is 0 Å². The highest BCUT2D eigenvalue weighted by molar-refractivity contribution is 6.02. The zero-order chi connectivity index (χ0) is 15.9. The number of benzene rings is 1. The molecule has 1 aromatic carbocycles. The lowest BCUT2D eigenvalue weighted by Crippen LogP contribution is -2.09. The lowest BCUT2D eigenvalue weighted by Gasteiger charge is -2.08. The molecular formula is C16H22N2O4. The van der Waals surface area contributed by atoms with E-state index >= 15 is 0 Å². The van der Waals surface area contributed by atoms with Crippen LogP contribution in [-0.2, 0) is 20.8 Å². The highest BCUT2D eigenvalue weighted by atomic mass is 16.5. The number of ether oxygens (including phenoxy) is 3. The van der Waals surface area contributed by atoms with Crippen LogP contribution in [0.5, 0.6) is 0 Å². The Balaban J connectivity index is 2.10. The van der Waals surface area contributed by atoms with E-state index in [1.165, 1.54) is 7.11 Å². The summed E-state index contributed by atoms with van der Waals surface area (Å²) in [7, 11) is 3.05. The van der Waals surface area contributed by atoms with Gasteiger partial charge in [0.05, 0.1) is 24.8 Å². The van der Waals surface area contributed by atoms with E-state index in [1.54, 1.807) is 13.2 Å². The molecule has 0 amide bonds. The molecule has 0 radical (unpaired) electrons. The highest BCUT2D eigenvalue weighted by Gasteiger charge is 2.15. The molecule has 0 saturated carbocycles. The number of para-hydroxylation sites is 1. The van der Waals surface area contributed by atoms with Gasteiger partial charge in [-0.3, -0.25) is 0 Å². The predicted molar refractivity (Wildman–Crippen MR) is 83.1 cm³/mol. The second kappa shape index (κ2) is 7.91. The molecule has 1 aromatic heterocycles. The maximum Gasteiger partial charge on any atom is 0.340 e. The van der Waals surface area contributed by atoms with Crippen molar-refractivity contribution in [1.29, 1.82) is 0 Å². The van der Waals surface area contributed by atoms with E-state index in [9.17, 15) is 4.79 Å². The SMILES string of the molecule is COCCCOCCn1c(C)nc2c(C(=O)OC)cccc21. The number of hydrogen-bond donors (Lipinski definition) is 0. The van der Waals surface area contributed by atoms with Crippen LogP contribution in [-0.4, -0.2) is 49.6 Å². The topological polar surface area (TPSA) is 62.6 Å². The molecule has 120 valence electrons. The molecule has 0 unspecified atom stereocenters. The summed E-state index contributed by atoms with van der Waals surface area (Å²) in [6.07, 6.45) is 0.882. The molecule has 1 heterocycles. The number of imidazole rings is 1. The minimum atomic E-state index is -0.369. The molecule has 0 fully saturated rings. The van der Waals surface area contributed by atoms with Gasteiger partial charge in [0.1, 0.15) is 11.3 Å². The number of aryl methyl sites for hydroxylation is 1. The summed E-state index contributed by atoms with van der Waals surface area (Å²) in [6, 6.07) is 5.52. The van der Waals surface area contributed by atoms with Gasteiger partial charge in [-0.15, -0.1) is 0 Å². The molecule has 0 aliphatic rings. The van der Waals surface area contributed by atoms with Crippen molar-refractivity contribution in [3.05, 3.63) is 29.6 Å². The Morgan fingerprint density at radius 2 is 2.05 bits per heavy atom. The van der Waals surface area contributed by atoms with E-state index in [0.717, 1.165) is 17.8 Å². The quantitative estimate of drug-likeness (QED) is 0.552. The Morgan fingerprint density at radius 1 is 1.23 bits per heavy atom. The molecule has 2 rings (SSSR count). The fourth-order valence-electron chi connectivity index (χ4n) is 2.38. The van der Waals surface area contributed by atoms with E-state index in [0.29, 0.717) is 37.4 Å². The van der Waals surface area contributed by atoms with Crippen molar-refractivity contribution in [3.8, 4) is 0 Å². The van der Waals surface area contributed by atoms with E-state index in [4.69, 9.17) is 14.2 Å². The van der Waals surface area contributed by atoms with E-state index in [-0.39, 0.29) is 5.97 Å². The number of esters is 1. The lowest BCUT2D eigenvalue weighted by molar-refractivity contribution is 0.0603. The highest BCUT2D eigenvalue weighted by Crippen LogP contribution is 2.20. The molecule has 0 aliphatic heterocycles. The van der Waals surface area contributed by atoms with Gasteiger partial charge >= 0.3 is 5.97 Å². The summed E-state index contributed by atoms with van der Waals surface area (Å²) in [5, 5.41) is 0. The standard InChI is InChI=1S/C16H22N2O4/c1-12-17-15-13(16(19)21-3)6-4-7-14(15)18(12)8-11-22-10-5-9-20-2/h4,6-7H,5,8-11H2,1-3H3. The van der Waals surface area contributed by atoms with Gasteiger partial charge in [0.15, 0.2) is 0 Å². The predicted octanol–water partition coefficient (Wildman–Crippen LogP) is 2.18. The normalized spacial score (nSPS) is 11.0. The van der Waals surface area contributed by atoms with Crippen LogP contribution in [0.25, 0.3) is 11.0 Å². The molecule has 0 bridgehead atoms. The van der Waals surface area contributed by atoms with Gasteiger partial charge in [-0.25, -0.2) is 9.78 Å². The Labute approximate surface area is 130 Å². The first-order valence-electron chi connectivity index (χ1n) is 7.30. The molecular weight excluding hydrogens is 284 g/mol. The molecule has 22 heavy (non-hydrogen) atoms. The van der Waals surface area contributed by atoms with Crippen molar-refractivity contribution >= 4 is 17.0 Å². The van der Waals surface area contributed by atoms with Crippen molar-refractivity contribution in [2.75, 3.05) is 34.0 Å². The van der Waals surface area contributed by atoms with Crippen LogP contribution in [0.4, 0.5) is 0 Å². The fraction of sp³-hybridized carbons (Fsp3) is 0.500. The number of fused-ring (bicyclic) bond motifs is 1. The third kappa shape index (κ3) is 3.64. The van der Waals surface area contributed by atoms with Crippen LogP contribution in [0.3, 0.4) is 0 Å². The van der Waals surface area contributed by atoms with Gasteiger partial charge in [-0.2, -0.15) is 0 Å². The Bertz CT molecular complexity index is 636. The maximum atomic E-state index is 11.8. The third-order valence-corrected chi connectivity index (χ3v) is 3.47. The van der Waals surface area contributed by atoms with Gasteiger partial charge in [-0.1, -0.05) is 6.07 Å². The van der Waals surface area contributed by atoms with Crippen LogP contribution in [0.15, 0.2) is 18.2 Å². The van der Waals surface area contributed by atoms with E-state index in [2.05, 4.69) is 9.55 Å². The molecule has 0 atom stereocenters. The van der Waals surface area contributed by atoms with Crippen molar-refractivity contribution < 1.29 is 19.0 Å². The largest absolute Gasteiger partial charge is 0.465 e. The molecule has 6 nitrogen and oxygen atoms in total. The Kier molecular flexibility index (Phi) is 5.91. The van der Waals surface area contributed by atoms with Crippen molar-refractivity contribution in [2.45, 2.75) is 19.9 Å². The summed E-state index contributed by atoms with van der Waals surface area (Å²) in [5.41, 5.74) is 2.08. The van der Waals surface area contributed by atoms with Gasteiger partial charge in [-0.05, 0) is 25.5 Å². The number of methoxy groups -OCH3 is 2. The molecule has 0 aliphatic carbocycles. The number of nitrogens with zero attached hydrogens (tertiary/aromatic N) is 2. The van der Waals surface area contributed by atoms with Gasteiger partial charge in [0.25, 0.3) is 0 Å². The van der Waals surface area contributed by atoms with Gasteiger partial charge < -0.3 is 18.8 Å². The van der Waals surface area contributed by atoms with E-state index < -0.39 is 0 Å². The fourth-order valence-corrected chi connectivity index (χ4v) is 2.38. The molecule has 6 heteroatoms. The zero-order valence-electron chi connectivity index (χ0n) is 13.3. The third-order valence-electron chi connectivity index (χ3n) is 3.47. The summed E-state index contributed by atoms with van der Waals surface area (Å²) in [4.78, 5) is 16.3. The Hall–Kier alpha value is -1.92. The zero-order valence-corrected chi connectivity index (χ0v) is 13.3. The van der Waals surface area contributed by atoms with Crippen molar-refractivity contribution in [2.24, 2.45) is 0 Å². The molecule has 0 spiro atoms. The first kappa shape index (κ1) is 16.5. The molecule has 2 aromatic rings. The maximum absolute atomic E-state index is 11.8. The number of aromatic nitrogens is 2. The Morgan fingerprint density at radius 3 is 2.77 bits per heavy atom. The second-order valence-corrected chi connectivity index (χ2v) is 4.93. The molecule has 0 N–H and O–H groups in total. The smallest absolute Gasteiger partial charge is 0.340 e. The van der Waals surface area contributed by atoms with Crippen LogP contribution in [0.1, 0.15) is 22.6 Å². The number of carbonyl (C=O) groups excluding carboxylic acids is 1. The van der Waals surface area contributed by atoms with Crippen LogP contribution >= 0.6 is 0 Å². The minimum absolute atomic E-state index is 0.369. The van der Waals surface area contributed by atoms with Crippen LogP contribution in [0, 0.1) is 6.92 Å². The summed E-state index contributed by atoms with van der Waals surface area (Å²) >= 11 is 0. The number of carbonyl (C=O) groups is 1. The molecule has 0 saturated heterocycles. The first-order valence-corrected chi connectivity index (χ1v) is 7.30. The average Bonchev–Trinajstić information content (AvgIpc) is 2.85. The number of hydrogen-bond acceptors (Lipinski definition) is 5. The van der Waals surface area contributed by atoms with Gasteiger partial charge in [0.2, 0.25) is 0 Å². The second-order valence-electron chi connectivity index (χ2n) is 4.93. The minimum Gasteiger partial charge on any atom is -0.465 e. The average molecular weight is 306 g/mol. The summed E-state index contributed by atoms with van der Waals surface area (Å²) in [6.45, 7) is 4.59. The summed E-state index contributed by atoms with van der Waals surface area (Å²) in [5.74, 6) is 0.484. The first-order chi connectivity index (χ1) is 10.7. The van der Waals surface area contributed by atoms with Gasteiger partial charge in [0, 0.05) is 26.9 Å². The monoisotopic (exact) mass is 306 g/mol. The van der Waals surface area contributed by atoms with Crippen LogP contribution < -0.4 is 0 Å². The lowest BCUT2D eigenvalue weighted by atomic mass is 10.2. The van der Waals surface area contributed by atoms with Crippen molar-refractivity contribution in [3.63, 3.8) is 0 Å². The van der Waals surface area contributed by atoms with E-state index in [1.807, 2.05) is 19.1 Å².